The molecule has 6 nitrogen and oxygen atoms in total. The van der Waals surface area contributed by atoms with Crippen LogP contribution in [0.1, 0.15) is 76.0 Å². The van der Waals surface area contributed by atoms with Crippen LogP contribution in [0.3, 0.4) is 0 Å². The number of hydrogen-bond acceptors (Lipinski definition) is 5. The van der Waals surface area contributed by atoms with Crippen molar-refractivity contribution in [2.75, 3.05) is 6.54 Å². The average molecular weight is 607 g/mol. The maximum Gasteiger partial charge on any atom is 0.323 e. The summed E-state index contributed by atoms with van der Waals surface area (Å²) < 4.78 is 7.19. The lowest BCUT2D eigenvalue weighted by atomic mass is 9.63. The first-order valence-electron chi connectivity index (χ1n) is 13.7. The van der Waals surface area contributed by atoms with E-state index in [2.05, 4.69) is 15.9 Å². The molecule has 0 aromatic heterocycles. The Balaban J connectivity index is 1.71. The molecule has 0 unspecified atom stereocenters. The van der Waals surface area contributed by atoms with Gasteiger partial charge in [-0.1, -0.05) is 73.5 Å². The molecular formula is C33H36BrNO5. The molecule has 0 spiro atoms. The number of nitrogens with zero attached hydrogens (tertiary/aromatic N) is 1. The highest BCUT2D eigenvalue weighted by molar-refractivity contribution is 9.10. The Hall–Kier alpha value is -3.19. The molecule has 0 saturated carbocycles. The van der Waals surface area contributed by atoms with Gasteiger partial charge in [0.15, 0.2) is 11.6 Å². The van der Waals surface area contributed by atoms with E-state index in [0.29, 0.717) is 49.2 Å². The lowest BCUT2D eigenvalue weighted by Gasteiger charge is -2.48. The molecule has 5 rings (SSSR count). The third-order valence-electron chi connectivity index (χ3n) is 8.11. The number of carboxylic acid groups (broad SMARTS) is 1. The minimum atomic E-state index is -0.992. The Kier molecular flexibility index (Phi) is 7.32. The Morgan fingerprint density at radius 3 is 2.00 bits per heavy atom. The minimum Gasteiger partial charge on any atom is -0.489 e. The number of ether oxygens (including phenoxy) is 1. The molecule has 2 aromatic carbocycles. The first-order chi connectivity index (χ1) is 18.7. The fourth-order valence-corrected chi connectivity index (χ4v) is 6.79. The van der Waals surface area contributed by atoms with E-state index in [1.807, 2.05) is 77.1 Å². The summed E-state index contributed by atoms with van der Waals surface area (Å²) in [4.78, 5) is 41.8. The van der Waals surface area contributed by atoms with Crippen molar-refractivity contribution in [1.29, 1.82) is 0 Å². The van der Waals surface area contributed by atoms with Crippen LogP contribution >= 0.6 is 15.9 Å². The minimum absolute atomic E-state index is 0.0414. The van der Waals surface area contributed by atoms with Gasteiger partial charge in [0.05, 0.1) is 0 Å². The molecule has 1 aliphatic heterocycles. The van der Waals surface area contributed by atoms with Crippen LogP contribution in [0, 0.1) is 17.8 Å². The van der Waals surface area contributed by atoms with Crippen molar-refractivity contribution < 1.29 is 24.2 Å². The van der Waals surface area contributed by atoms with Gasteiger partial charge in [-0.3, -0.25) is 14.4 Å². The lowest BCUT2D eigenvalue weighted by Crippen LogP contribution is -2.45. The second-order valence-corrected chi connectivity index (χ2v) is 13.9. The topological polar surface area (TPSA) is 83.9 Å². The smallest absolute Gasteiger partial charge is 0.323 e. The van der Waals surface area contributed by atoms with Gasteiger partial charge in [-0.25, -0.2) is 0 Å². The van der Waals surface area contributed by atoms with Crippen molar-refractivity contribution >= 4 is 33.5 Å². The van der Waals surface area contributed by atoms with Gasteiger partial charge in [0.1, 0.15) is 18.9 Å². The molecule has 0 radical (unpaired) electrons. The van der Waals surface area contributed by atoms with Crippen LogP contribution in [0.25, 0.3) is 0 Å². The number of aryl methyl sites for hydroxylation is 1. The molecule has 40 heavy (non-hydrogen) atoms. The summed E-state index contributed by atoms with van der Waals surface area (Å²) in [6.45, 7) is 10.2. The molecule has 1 N–H and O–H groups in total. The lowest BCUT2D eigenvalue weighted by molar-refractivity contribution is -0.138. The predicted molar refractivity (Wildman–Crippen MR) is 157 cm³/mol. The first-order valence-corrected chi connectivity index (χ1v) is 14.5. The Morgan fingerprint density at radius 2 is 1.48 bits per heavy atom. The highest BCUT2D eigenvalue weighted by Gasteiger charge is 2.49. The van der Waals surface area contributed by atoms with E-state index in [9.17, 15) is 19.5 Å². The van der Waals surface area contributed by atoms with Crippen LogP contribution in [0.5, 0.6) is 5.75 Å². The van der Waals surface area contributed by atoms with Gasteiger partial charge in [0.25, 0.3) is 0 Å². The second-order valence-electron chi connectivity index (χ2n) is 13.0. The molecule has 1 heterocycles. The number of aliphatic carboxylic acids is 1. The summed E-state index contributed by atoms with van der Waals surface area (Å²) in [5, 5.41) is 9.91. The quantitative estimate of drug-likeness (QED) is 0.378. The van der Waals surface area contributed by atoms with Crippen molar-refractivity contribution in [3.8, 4) is 5.75 Å². The van der Waals surface area contributed by atoms with E-state index >= 15 is 0 Å². The number of benzene rings is 2. The first kappa shape index (κ1) is 28.3. The summed E-state index contributed by atoms with van der Waals surface area (Å²) in [7, 11) is 0. The Morgan fingerprint density at radius 1 is 0.925 bits per heavy atom. The number of carbonyl (C=O) groups excluding carboxylic acids is 2. The van der Waals surface area contributed by atoms with Crippen LogP contribution < -0.4 is 4.74 Å². The molecule has 210 valence electrons. The molecule has 0 bridgehead atoms. The zero-order chi connectivity index (χ0) is 29.0. The molecule has 0 saturated heterocycles. The normalized spacial score (nSPS) is 20.4. The van der Waals surface area contributed by atoms with Crippen LogP contribution in [-0.2, 0) is 21.0 Å². The number of ketones is 2. The number of allylic oxidation sites excluding steroid dienone is 4. The van der Waals surface area contributed by atoms with E-state index in [1.165, 1.54) is 0 Å². The Labute approximate surface area is 244 Å². The van der Waals surface area contributed by atoms with E-state index < -0.39 is 11.9 Å². The Bertz CT molecular complexity index is 1410. The van der Waals surface area contributed by atoms with Gasteiger partial charge >= 0.3 is 5.97 Å². The number of hydrogen-bond donors (Lipinski definition) is 1. The van der Waals surface area contributed by atoms with Crippen LogP contribution in [0.2, 0.25) is 0 Å². The monoisotopic (exact) mass is 605 g/mol. The maximum absolute atomic E-state index is 14.0. The van der Waals surface area contributed by atoms with Gasteiger partial charge in [-0.2, -0.15) is 0 Å². The molecule has 2 aromatic rings. The van der Waals surface area contributed by atoms with E-state index in [1.54, 1.807) is 4.90 Å². The van der Waals surface area contributed by atoms with Crippen molar-refractivity contribution in [1.82, 2.24) is 4.90 Å². The van der Waals surface area contributed by atoms with Gasteiger partial charge in [0, 0.05) is 51.3 Å². The SMILES string of the molecule is Cc1ccc(COc2ccc(Br)cc2C2C3=C(CC(C)(C)CC3=O)N(CC(=O)O)C3=C2C(=O)CC(C)(C)C3)cc1. The highest BCUT2D eigenvalue weighted by Crippen LogP contribution is 2.55. The zero-order valence-corrected chi connectivity index (χ0v) is 25.4. The molecular weight excluding hydrogens is 570 g/mol. The number of carbonyl (C=O) groups is 3. The molecule has 0 atom stereocenters. The van der Waals surface area contributed by atoms with E-state index in [0.717, 1.165) is 32.6 Å². The van der Waals surface area contributed by atoms with Crippen LogP contribution in [0.15, 0.2) is 69.5 Å². The highest BCUT2D eigenvalue weighted by atomic mass is 79.9. The van der Waals surface area contributed by atoms with Gasteiger partial charge in [-0.15, -0.1) is 0 Å². The average Bonchev–Trinajstić information content (AvgIpc) is 2.83. The van der Waals surface area contributed by atoms with Crippen molar-refractivity contribution in [2.24, 2.45) is 10.8 Å². The largest absolute Gasteiger partial charge is 0.489 e. The standard InChI is InChI=1S/C33H36BrNO5/c1-19-6-8-20(9-7-19)18-40-27-11-10-21(34)12-22(27)29-30-23(13-32(2,3)15-25(30)36)35(17-28(38)39)24-14-33(4,5)16-26(37)31(24)29/h6-12,29H,13-18H2,1-5H3,(H,38,39). The molecule has 0 fully saturated rings. The van der Waals surface area contributed by atoms with Crippen LogP contribution in [0.4, 0.5) is 0 Å². The maximum atomic E-state index is 14.0. The van der Waals surface area contributed by atoms with E-state index in [4.69, 9.17) is 4.74 Å². The third-order valence-corrected chi connectivity index (χ3v) is 8.61. The van der Waals surface area contributed by atoms with Crippen molar-refractivity contribution in [2.45, 2.75) is 72.8 Å². The predicted octanol–water partition coefficient (Wildman–Crippen LogP) is 7.11. The van der Waals surface area contributed by atoms with Gasteiger partial charge in [0.2, 0.25) is 0 Å². The fraction of sp³-hybridized carbons (Fsp3) is 0.424. The summed E-state index contributed by atoms with van der Waals surface area (Å²) in [6, 6.07) is 13.9. The number of rotatable bonds is 6. The fourth-order valence-electron chi connectivity index (χ4n) is 6.41. The van der Waals surface area contributed by atoms with Crippen molar-refractivity contribution in [3.05, 3.63) is 86.2 Å². The van der Waals surface area contributed by atoms with Crippen molar-refractivity contribution in [3.63, 3.8) is 0 Å². The zero-order valence-electron chi connectivity index (χ0n) is 23.8. The summed E-state index contributed by atoms with van der Waals surface area (Å²) in [5.41, 5.74) is 4.79. The van der Waals surface area contributed by atoms with Gasteiger partial charge in [-0.05, 0) is 54.4 Å². The molecule has 0 amide bonds. The second kappa shape index (κ2) is 10.3. The number of carboxylic acids is 1. The van der Waals surface area contributed by atoms with E-state index in [-0.39, 0.29) is 28.9 Å². The molecule has 3 aliphatic rings. The summed E-state index contributed by atoms with van der Waals surface area (Å²) in [5.74, 6) is -1.09. The summed E-state index contributed by atoms with van der Waals surface area (Å²) in [6.07, 6.45) is 1.77. The number of Topliss-reactive ketones (excluding diaryl/α,β-unsaturated/α-hetero) is 2. The van der Waals surface area contributed by atoms with Gasteiger partial charge < -0.3 is 14.7 Å². The molecule has 2 aliphatic carbocycles. The van der Waals surface area contributed by atoms with Crippen LogP contribution in [-0.4, -0.2) is 34.1 Å². The third kappa shape index (κ3) is 5.53. The number of halogens is 1. The molecule has 7 heteroatoms. The summed E-state index contributed by atoms with van der Waals surface area (Å²) >= 11 is 3.61.